The first-order chi connectivity index (χ1) is 11.5. The van der Waals surface area contributed by atoms with Gasteiger partial charge in [-0.3, -0.25) is 9.59 Å². The van der Waals surface area contributed by atoms with E-state index in [1.807, 2.05) is 24.3 Å². The van der Waals surface area contributed by atoms with Crippen LogP contribution in [0.2, 0.25) is 0 Å². The Bertz CT molecular complexity index is 621. The lowest BCUT2D eigenvalue weighted by molar-refractivity contribution is -0.135. The summed E-state index contributed by atoms with van der Waals surface area (Å²) in [6.45, 7) is 0. The minimum Gasteiger partial charge on any atom is -0.497 e. The van der Waals surface area contributed by atoms with E-state index in [1.165, 1.54) is 0 Å². The Morgan fingerprint density at radius 3 is 2.46 bits per heavy atom. The summed E-state index contributed by atoms with van der Waals surface area (Å²) in [4.78, 5) is 24.0. The number of benzene rings is 1. The molecular weight excluding hydrogens is 306 g/mol. The smallest absolute Gasteiger partial charge is 0.224 e. The average Bonchev–Trinajstić information content (AvgIpc) is 2.61. The number of nitrogens with one attached hydrogen (secondary N) is 1. The first-order valence-electron chi connectivity index (χ1n) is 8.17. The molecule has 1 aromatic carbocycles. The van der Waals surface area contributed by atoms with Crippen LogP contribution in [0.5, 0.6) is 5.75 Å². The number of primary amides is 1. The highest BCUT2D eigenvalue weighted by Gasteiger charge is 2.35. The number of hydrogen-bond acceptors (Lipinski definition) is 4. The molecule has 0 bridgehead atoms. The van der Waals surface area contributed by atoms with Crippen LogP contribution in [0.25, 0.3) is 0 Å². The van der Waals surface area contributed by atoms with Crippen molar-refractivity contribution in [3.63, 3.8) is 0 Å². The molecule has 0 aliphatic heterocycles. The Balaban J connectivity index is 1.99. The summed E-state index contributed by atoms with van der Waals surface area (Å²) < 4.78 is 5.10. The zero-order valence-corrected chi connectivity index (χ0v) is 13.8. The summed E-state index contributed by atoms with van der Waals surface area (Å²) in [6, 6.07) is 8.83. The summed E-state index contributed by atoms with van der Waals surface area (Å²) in [6.07, 6.45) is 3.49. The van der Waals surface area contributed by atoms with E-state index < -0.39 is 23.8 Å². The molecule has 24 heavy (non-hydrogen) atoms. The van der Waals surface area contributed by atoms with Crippen molar-refractivity contribution in [2.24, 2.45) is 17.6 Å². The normalized spacial score (nSPS) is 21.3. The van der Waals surface area contributed by atoms with Gasteiger partial charge in [-0.2, -0.15) is 5.26 Å². The van der Waals surface area contributed by atoms with Crippen molar-refractivity contribution in [1.29, 1.82) is 5.26 Å². The van der Waals surface area contributed by atoms with Gasteiger partial charge in [0.1, 0.15) is 11.8 Å². The van der Waals surface area contributed by atoms with E-state index >= 15 is 0 Å². The van der Waals surface area contributed by atoms with E-state index in [-0.39, 0.29) is 5.91 Å². The van der Waals surface area contributed by atoms with Crippen LogP contribution in [-0.4, -0.2) is 25.0 Å². The molecule has 0 heterocycles. The van der Waals surface area contributed by atoms with E-state index in [0.717, 1.165) is 24.2 Å². The van der Waals surface area contributed by atoms with Gasteiger partial charge < -0.3 is 15.8 Å². The molecular formula is C18H23N3O3. The fraction of sp³-hybridized carbons (Fsp3) is 0.500. The number of amides is 2. The molecule has 6 nitrogen and oxygen atoms in total. The van der Waals surface area contributed by atoms with E-state index in [2.05, 4.69) is 11.4 Å². The quantitative estimate of drug-likeness (QED) is 0.825. The number of ether oxygens (including phenoxy) is 1. The van der Waals surface area contributed by atoms with Gasteiger partial charge in [0.05, 0.1) is 13.2 Å². The highest BCUT2D eigenvalue weighted by Crippen LogP contribution is 2.30. The van der Waals surface area contributed by atoms with Crippen molar-refractivity contribution in [1.82, 2.24) is 5.32 Å². The van der Waals surface area contributed by atoms with Crippen LogP contribution < -0.4 is 15.8 Å². The highest BCUT2D eigenvalue weighted by molar-refractivity contribution is 5.87. The Morgan fingerprint density at radius 1 is 1.29 bits per heavy atom. The maximum absolute atomic E-state index is 12.5. The lowest BCUT2D eigenvalue weighted by atomic mass is 9.78. The van der Waals surface area contributed by atoms with Crippen LogP contribution in [-0.2, 0) is 16.0 Å². The van der Waals surface area contributed by atoms with E-state index in [9.17, 15) is 14.9 Å². The van der Waals surface area contributed by atoms with Crippen LogP contribution in [0.3, 0.4) is 0 Å². The Labute approximate surface area is 142 Å². The molecule has 128 valence electrons. The Kier molecular flexibility index (Phi) is 6.19. The number of hydrogen-bond donors (Lipinski definition) is 2. The zero-order chi connectivity index (χ0) is 17.5. The highest BCUT2D eigenvalue weighted by atomic mass is 16.5. The third kappa shape index (κ3) is 4.48. The zero-order valence-electron chi connectivity index (χ0n) is 13.8. The standard InChI is InChI=1S/C18H23N3O3/c1-24-14-8-6-12(7-9-14)10-13(11-19)21-18(23)16-5-3-2-4-15(16)17(20)22/h6-9,13,15-16H,2-5,10H2,1H3,(H2,20,22)(H,21,23)/t13-,15-,16+/m0/s1. The molecule has 0 unspecified atom stereocenters. The molecule has 2 amide bonds. The van der Waals surface area contributed by atoms with Crippen LogP contribution in [0, 0.1) is 23.2 Å². The molecule has 1 aliphatic rings. The van der Waals surface area contributed by atoms with Crippen LogP contribution in [0.1, 0.15) is 31.2 Å². The van der Waals surface area contributed by atoms with Crippen molar-refractivity contribution in [2.75, 3.05) is 7.11 Å². The predicted molar refractivity (Wildman–Crippen MR) is 88.9 cm³/mol. The van der Waals surface area contributed by atoms with Gasteiger partial charge in [-0.1, -0.05) is 25.0 Å². The first-order valence-corrected chi connectivity index (χ1v) is 8.17. The van der Waals surface area contributed by atoms with Gasteiger partial charge in [-0.05, 0) is 30.5 Å². The maximum Gasteiger partial charge on any atom is 0.224 e. The lowest BCUT2D eigenvalue weighted by Crippen LogP contribution is -2.45. The second kappa shape index (κ2) is 8.34. The largest absolute Gasteiger partial charge is 0.497 e. The molecule has 1 fully saturated rings. The van der Waals surface area contributed by atoms with Gasteiger partial charge in [0.15, 0.2) is 0 Å². The minimum atomic E-state index is -0.638. The van der Waals surface area contributed by atoms with Gasteiger partial charge in [0.2, 0.25) is 11.8 Å². The SMILES string of the molecule is COc1ccc(C[C@@H](C#N)NC(=O)[C@@H]2CCCC[C@@H]2C(N)=O)cc1. The fourth-order valence-electron chi connectivity index (χ4n) is 3.19. The second-order valence-corrected chi connectivity index (χ2v) is 6.14. The van der Waals surface area contributed by atoms with E-state index in [4.69, 9.17) is 10.5 Å². The molecule has 0 radical (unpaired) electrons. The molecule has 0 spiro atoms. The van der Waals surface area contributed by atoms with Gasteiger partial charge in [-0.15, -0.1) is 0 Å². The van der Waals surface area contributed by atoms with Crippen molar-refractivity contribution in [2.45, 2.75) is 38.1 Å². The summed E-state index contributed by atoms with van der Waals surface area (Å²) in [5, 5.41) is 12.1. The van der Waals surface area contributed by atoms with Crippen molar-refractivity contribution in [3.05, 3.63) is 29.8 Å². The monoisotopic (exact) mass is 329 g/mol. The number of rotatable bonds is 6. The molecule has 3 N–H and O–H groups in total. The van der Waals surface area contributed by atoms with Crippen LogP contribution in [0.15, 0.2) is 24.3 Å². The van der Waals surface area contributed by atoms with Crippen LogP contribution in [0.4, 0.5) is 0 Å². The predicted octanol–water partition coefficient (Wildman–Crippen LogP) is 1.54. The number of nitrogens with two attached hydrogens (primary N) is 1. The molecule has 6 heteroatoms. The third-order valence-corrected chi connectivity index (χ3v) is 4.54. The van der Waals surface area contributed by atoms with Gasteiger partial charge >= 0.3 is 0 Å². The Hall–Kier alpha value is -2.55. The number of carbonyl (C=O) groups excluding carboxylic acids is 2. The maximum atomic E-state index is 12.5. The third-order valence-electron chi connectivity index (χ3n) is 4.54. The number of nitrogens with zero attached hydrogens (tertiary/aromatic N) is 1. The summed E-state index contributed by atoms with van der Waals surface area (Å²) in [5.41, 5.74) is 6.34. The summed E-state index contributed by atoms with van der Waals surface area (Å²) in [5.74, 6) is -0.804. The number of nitriles is 1. The number of methoxy groups -OCH3 is 1. The van der Waals surface area contributed by atoms with E-state index in [1.54, 1.807) is 7.11 Å². The topological polar surface area (TPSA) is 105 Å². The molecule has 1 aromatic rings. The summed E-state index contributed by atoms with van der Waals surface area (Å²) >= 11 is 0. The van der Waals surface area contributed by atoms with Crippen molar-refractivity contribution >= 4 is 11.8 Å². The van der Waals surface area contributed by atoms with Crippen molar-refractivity contribution in [3.8, 4) is 11.8 Å². The molecule has 0 saturated heterocycles. The minimum absolute atomic E-state index is 0.251. The Morgan fingerprint density at radius 2 is 1.92 bits per heavy atom. The first kappa shape index (κ1) is 17.8. The summed E-state index contributed by atoms with van der Waals surface area (Å²) in [7, 11) is 1.59. The average molecular weight is 329 g/mol. The second-order valence-electron chi connectivity index (χ2n) is 6.14. The van der Waals surface area contributed by atoms with Gasteiger partial charge in [0.25, 0.3) is 0 Å². The van der Waals surface area contributed by atoms with Gasteiger partial charge in [0, 0.05) is 18.3 Å². The molecule has 3 atom stereocenters. The van der Waals surface area contributed by atoms with Gasteiger partial charge in [-0.25, -0.2) is 0 Å². The van der Waals surface area contributed by atoms with E-state index in [0.29, 0.717) is 19.3 Å². The molecule has 1 aliphatic carbocycles. The molecule has 2 rings (SSSR count). The van der Waals surface area contributed by atoms with Crippen molar-refractivity contribution < 1.29 is 14.3 Å². The molecule has 0 aromatic heterocycles. The molecule has 1 saturated carbocycles. The fourth-order valence-corrected chi connectivity index (χ4v) is 3.19. The lowest BCUT2D eigenvalue weighted by Gasteiger charge is -2.29. The van der Waals surface area contributed by atoms with Crippen LogP contribution >= 0.6 is 0 Å². The number of carbonyl (C=O) groups is 2.